The van der Waals surface area contributed by atoms with Gasteiger partial charge in [0.05, 0.1) is 36.2 Å². The van der Waals surface area contributed by atoms with Crippen LogP contribution in [0.4, 0.5) is 5.69 Å². The van der Waals surface area contributed by atoms with E-state index < -0.39 is 0 Å². The number of carbonyl (C=O) groups excluding carboxylic acids is 1. The lowest BCUT2D eigenvalue weighted by atomic mass is 10.0. The molecule has 1 aliphatic carbocycles. The van der Waals surface area contributed by atoms with Crippen molar-refractivity contribution in [3.8, 4) is 0 Å². The van der Waals surface area contributed by atoms with Gasteiger partial charge in [-0.3, -0.25) is 9.89 Å². The highest BCUT2D eigenvalue weighted by atomic mass is 16.5. The minimum atomic E-state index is -0.0810. The van der Waals surface area contributed by atoms with Gasteiger partial charge in [0.2, 0.25) is 5.91 Å². The number of carbonyl (C=O) groups is 1. The summed E-state index contributed by atoms with van der Waals surface area (Å²) in [5.74, 6) is -0.0788. The van der Waals surface area contributed by atoms with Gasteiger partial charge in [0.1, 0.15) is 0 Å². The summed E-state index contributed by atoms with van der Waals surface area (Å²) >= 11 is 0. The first-order valence-electron chi connectivity index (χ1n) is 7.73. The largest absolute Gasteiger partial charge is 0.378 e. The van der Waals surface area contributed by atoms with E-state index in [4.69, 9.17) is 4.74 Å². The quantitative estimate of drug-likeness (QED) is 0.901. The van der Waals surface area contributed by atoms with E-state index in [0.29, 0.717) is 6.61 Å². The van der Waals surface area contributed by atoms with Crippen molar-refractivity contribution in [3.05, 3.63) is 42.3 Å². The van der Waals surface area contributed by atoms with Crippen LogP contribution in [0.3, 0.4) is 0 Å². The number of rotatable bonds is 3. The fourth-order valence-corrected chi connectivity index (χ4v) is 2.76. The van der Waals surface area contributed by atoms with Crippen LogP contribution in [0.25, 0.3) is 5.57 Å². The highest BCUT2D eigenvalue weighted by molar-refractivity contribution is 5.96. The number of aromatic nitrogens is 2. The molecule has 116 valence electrons. The fourth-order valence-electron chi connectivity index (χ4n) is 2.76. The molecule has 1 amide bonds. The molecule has 1 aromatic rings. The number of amides is 1. The molecule has 22 heavy (non-hydrogen) atoms. The Kier molecular flexibility index (Phi) is 4.53. The predicted octanol–water partition coefficient (Wildman–Crippen LogP) is 3.06. The Morgan fingerprint density at radius 1 is 1.41 bits per heavy atom. The fraction of sp³-hybridized carbons (Fsp3) is 0.412. The first-order chi connectivity index (χ1) is 10.7. The second-order valence-electron chi connectivity index (χ2n) is 5.75. The van der Waals surface area contributed by atoms with Gasteiger partial charge >= 0.3 is 0 Å². The smallest absolute Gasteiger partial charge is 0.230 e. The molecule has 2 atom stereocenters. The molecule has 5 heteroatoms. The Morgan fingerprint density at radius 2 is 2.32 bits per heavy atom. The predicted molar refractivity (Wildman–Crippen MR) is 86.2 cm³/mol. The number of allylic oxidation sites excluding steroid dienone is 6. The van der Waals surface area contributed by atoms with Gasteiger partial charge in [-0.2, -0.15) is 5.10 Å². The number of nitrogens with one attached hydrogen (secondary N) is 2. The molecule has 0 spiro atoms. The van der Waals surface area contributed by atoms with Crippen molar-refractivity contribution in [2.45, 2.75) is 32.3 Å². The molecule has 1 fully saturated rings. The van der Waals surface area contributed by atoms with Crippen LogP contribution in [0.15, 0.2) is 36.6 Å². The number of aromatic amines is 1. The van der Waals surface area contributed by atoms with Gasteiger partial charge in [0.25, 0.3) is 0 Å². The first kappa shape index (κ1) is 14.8. The third-order valence-electron chi connectivity index (χ3n) is 3.98. The van der Waals surface area contributed by atoms with Gasteiger partial charge in [-0.15, -0.1) is 0 Å². The van der Waals surface area contributed by atoms with Crippen molar-refractivity contribution in [3.63, 3.8) is 0 Å². The molecule has 2 N–H and O–H groups in total. The van der Waals surface area contributed by atoms with E-state index in [1.165, 1.54) is 0 Å². The topological polar surface area (TPSA) is 67.0 Å². The van der Waals surface area contributed by atoms with Crippen molar-refractivity contribution in [1.82, 2.24) is 10.2 Å². The summed E-state index contributed by atoms with van der Waals surface area (Å²) in [4.78, 5) is 12.3. The van der Waals surface area contributed by atoms with Crippen molar-refractivity contribution < 1.29 is 9.53 Å². The maximum atomic E-state index is 12.3. The van der Waals surface area contributed by atoms with Crippen LogP contribution in [-0.2, 0) is 9.53 Å². The maximum absolute atomic E-state index is 12.3. The standard InChI is InChI=1S/C17H21N3O2/c1-12-9-14(11-22-12)17(21)19-15-10-18-20-16(15)13-7-5-3-2-4-6-8-13/h2-3,5,7-8,10,12,14H,4,6,9,11H2,1H3,(H,18,20)(H,19,21)/b3-2+,7-5?,13-8?. The second kappa shape index (κ2) is 6.75. The lowest BCUT2D eigenvalue weighted by Gasteiger charge is -2.10. The second-order valence-corrected chi connectivity index (χ2v) is 5.75. The molecule has 3 rings (SSSR count). The van der Waals surface area contributed by atoms with Crippen LogP contribution >= 0.6 is 0 Å². The van der Waals surface area contributed by atoms with Crippen LogP contribution < -0.4 is 5.32 Å². The Morgan fingerprint density at radius 3 is 3.14 bits per heavy atom. The van der Waals surface area contributed by atoms with Gasteiger partial charge in [-0.05, 0) is 31.8 Å². The molecular formula is C17H21N3O2. The van der Waals surface area contributed by atoms with Crippen LogP contribution in [0.1, 0.15) is 31.9 Å². The minimum Gasteiger partial charge on any atom is -0.378 e. The van der Waals surface area contributed by atoms with Crippen LogP contribution in [0, 0.1) is 5.92 Å². The van der Waals surface area contributed by atoms with E-state index in [-0.39, 0.29) is 17.9 Å². The number of anilines is 1. The third kappa shape index (κ3) is 3.36. The van der Waals surface area contributed by atoms with E-state index >= 15 is 0 Å². The molecule has 2 aliphatic rings. The Bertz CT molecular complexity index is 628. The monoisotopic (exact) mass is 299 g/mol. The average molecular weight is 299 g/mol. The van der Waals surface area contributed by atoms with Crippen molar-refractivity contribution in [2.75, 3.05) is 11.9 Å². The van der Waals surface area contributed by atoms with E-state index in [1.807, 2.05) is 25.2 Å². The third-order valence-corrected chi connectivity index (χ3v) is 3.98. The van der Waals surface area contributed by atoms with E-state index in [0.717, 1.165) is 36.2 Å². The molecule has 1 saturated heterocycles. The molecule has 2 heterocycles. The zero-order chi connectivity index (χ0) is 15.4. The molecule has 0 radical (unpaired) electrons. The molecule has 0 saturated carbocycles. The van der Waals surface area contributed by atoms with E-state index in [1.54, 1.807) is 6.20 Å². The zero-order valence-corrected chi connectivity index (χ0v) is 12.7. The summed E-state index contributed by atoms with van der Waals surface area (Å²) in [5, 5.41) is 10.1. The molecular weight excluding hydrogens is 278 g/mol. The van der Waals surface area contributed by atoms with Gasteiger partial charge in [-0.25, -0.2) is 0 Å². The average Bonchev–Trinajstić information content (AvgIpc) is 3.08. The molecule has 0 aromatic carbocycles. The van der Waals surface area contributed by atoms with E-state index in [2.05, 4.69) is 27.7 Å². The highest BCUT2D eigenvalue weighted by Crippen LogP contribution is 2.26. The SMILES string of the molecule is CC1CC(C(=O)Nc2cn[nH]c2C2=CCC/C=C/C=C2)CO1. The molecule has 0 bridgehead atoms. The van der Waals surface area contributed by atoms with Gasteiger partial charge < -0.3 is 10.1 Å². The maximum Gasteiger partial charge on any atom is 0.230 e. The zero-order valence-electron chi connectivity index (χ0n) is 12.7. The number of ether oxygens (including phenoxy) is 1. The van der Waals surface area contributed by atoms with Crippen molar-refractivity contribution in [2.24, 2.45) is 5.92 Å². The first-order valence-corrected chi connectivity index (χ1v) is 7.73. The number of hydrogen-bond donors (Lipinski definition) is 2. The van der Waals surface area contributed by atoms with E-state index in [9.17, 15) is 4.79 Å². The van der Waals surface area contributed by atoms with Crippen LogP contribution in [0.5, 0.6) is 0 Å². The normalized spacial score (nSPS) is 26.1. The lowest BCUT2D eigenvalue weighted by Crippen LogP contribution is -2.23. The minimum absolute atomic E-state index is 0.00215. The summed E-state index contributed by atoms with van der Waals surface area (Å²) in [6, 6.07) is 0. The molecule has 1 aliphatic heterocycles. The number of H-pyrrole nitrogens is 1. The summed E-state index contributed by atoms with van der Waals surface area (Å²) in [7, 11) is 0. The lowest BCUT2D eigenvalue weighted by molar-refractivity contribution is -0.119. The Hall–Kier alpha value is -2.14. The molecule has 2 unspecified atom stereocenters. The van der Waals surface area contributed by atoms with Crippen LogP contribution in [-0.4, -0.2) is 28.8 Å². The van der Waals surface area contributed by atoms with Gasteiger partial charge in [0.15, 0.2) is 0 Å². The van der Waals surface area contributed by atoms with Crippen molar-refractivity contribution in [1.29, 1.82) is 0 Å². The Balaban J connectivity index is 1.74. The highest BCUT2D eigenvalue weighted by Gasteiger charge is 2.28. The van der Waals surface area contributed by atoms with Gasteiger partial charge in [-0.1, -0.05) is 30.4 Å². The molecule has 5 nitrogen and oxygen atoms in total. The summed E-state index contributed by atoms with van der Waals surface area (Å²) in [6.45, 7) is 2.49. The summed E-state index contributed by atoms with van der Waals surface area (Å²) in [6.07, 6.45) is 14.9. The number of hydrogen-bond acceptors (Lipinski definition) is 3. The van der Waals surface area contributed by atoms with Crippen molar-refractivity contribution >= 4 is 17.2 Å². The van der Waals surface area contributed by atoms with Gasteiger partial charge in [0, 0.05) is 0 Å². The molecule has 1 aromatic heterocycles. The summed E-state index contributed by atoms with van der Waals surface area (Å²) in [5.41, 5.74) is 2.63. The Labute approximate surface area is 130 Å². The number of nitrogens with zero attached hydrogens (tertiary/aromatic N) is 1. The summed E-state index contributed by atoms with van der Waals surface area (Å²) < 4.78 is 5.47. The van der Waals surface area contributed by atoms with Crippen LogP contribution in [0.2, 0.25) is 0 Å².